The van der Waals surface area contributed by atoms with Crippen LogP contribution < -0.4 is 9.57 Å². The van der Waals surface area contributed by atoms with Crippen molar-refractivity contribution in [2.75, 3.05) is 0 Å². The molecule has 0 saturated heterocycles. The molecule has 3 aromatic rings. The van der Waals surface area contributed by atoms with Crippen LogP contribution in [0.4, 0.5) is 0 Å². The van der Waals surface area contributed by atoms with Gasteiger partial charge in [0.05, 0.1) is 11.1 Å². The second-order valence-corrected chi connectivity index (χ2v) is 7.14. The van der Waals surface area contributed by atoms with Gasteiger partial charge in [0, 0.05) is 5.56 Å². The molecule has 0 atom stereocenters. The highest BCUT2D eigenvalue weighted by Gasteiger charge is 2.11. The molecule has 5 nitrogen and oxygen atoms in total. The lowest BCUT2D eigenvalue weighted by Crippen LogP contribution is -2.18. The van der Waals surface area contributed by atoms with Crippen molar-refractivity contribution in [1.29, 1.82) is 0 Å². The van der Waals surface area contributed by atoms with Crippen molar-refractivity contribution in [2.45, 2.75) is 11.5 Å². The quantitative estimate of drug-likeness (QED) is 0.513. The zero-order valence-corrected chi connectivity index (χ0v) is 14.8. The van der Waals surface area contributed by atoms with Gasteiger partial charge in [-0.3, -0.25) is 0 Å². The number of sulfonamides is 1. The molecule has 132 valence electrons. The van der Waals surface area contributed by atoms with Crippen molar-refractivity contribution in [3.8, 4) is 5.75 Å². The average molecular weight is 366 g/mol. The highest BCUT2D eigenvalue weighted by molar-refractivity contribution is 7.89. The van der Waals surface area contributed by atoms with E-state index in [1.165, 1.54) is 18.3 Å². The Balaban J connectivity index is 1.69. The second kappa shape index (κ2) is 8.31. The van der Waals surface area contributed by atoms with Gasteiger partial charge in [0.2, 0.25) is 0 Å². The molecule has 6 heteroatoms. The number of hydrogen-bond acceptors (Lipinski definition) is 4. The van der Waals surface area contributed by atoms with E-state index >= 15 is 0 Å². The first-order chi connectivity index (χ1) is 12.6. The third-order valence-electron chi connectivity index (χ3n) is 3.59. The molecule has 26 heavy (non-hydrogen) atoms. The maximum Gasteiger partial charge on any atom is 0.276 e. The highest BCUT2D eigenvalue weighted by Crippen LogP contribution is 2.17. The van der Waals surface area contributed by atoms with E-state index in [9.17, 15) is 8.42 Å². The molecule has 0 amide bonds. The van der Waals surface area contributed by atoms with Crippen molar-refractivity contribution in [3.05, 3.63) is 96.1 Å². The molecule has 0 aliphatic carbocycles. The van der Waals surface area contributed by atoms with Gasteiger partial charge in [-0.1, -0.05) is 60.7 Å². The first kappa shape index (κ1) is 17.7. The van der Waals surface area contributed by atoms with Crippen LogP contribution in [0.2, 0.25) is 0 Å². The Morgan fingerprint density at radius 1 is 0.846 bits per heavy atom. The van der Waals surface area contributed by atoms with Crippen LogP contribution >= 0.6 is 0 Å². The summed E-state index contributed by atoms with van der Waals surface area (Å²) in [5.74, 6) is 0.624. The summed E-state index contributed by atoms with van der Waals surface area (Å²) in [5.41, 5.74) is 1.73. The lowest BCUT2D eigenvalue weighted by Gasteiger charge is -2.09. The third kappa shape index (κ3) is 4.70. The molecule has 0 heterocycles. The summed E-state index contributed by atoms with van der Waals surface area (Å²) in [7, 11) is -3.69. The van der Waals surface area contributed by atoms with Crippen LogP contribution in [0.15, 0.2) is 94.9 Å². The van der Waals surface area contributed by atoms with Gasteiger partial charge in [0.25, 0.3) is 10.0 Å². The van der Waals surface area contributed by atoms with Crippen molar-refractivity contribution >= 4 is 16.2 Å². The summed E-state index contributed by atoms with van der Waals surface area (Å²) in [5, 5.41) is 3.86. The monoisotopic (exact) mass is 366 g/mol. The maximum atomic E-state index is 12.2. The van der Waals surface area contributed by atoms with E-state index in [0.717, 1.165) is 5.56 Å². The summed E-state index contributed by atoms with van der Waals surface area (Å²) in [6.45, 7) is 0.418. The Bertz CT molecular complexity index is 972. The molecule has 1 N–H and O–H groups in total. The van der Waals surface area contributed by atoms with Gasteiger partial charge in [-0.25, -0.2) is 4.83 Å². The number of hydrazone groups is 1. The first-order valence-electron chi connectivity index (χ1n) is 8.01. The Labute approximate surface area is 153 Å². The fraction of sp³-hybridized carbons (Fsp3) is 0.0500. The van der Waals surface area contributed by atoms with Crippen LogP contribution in [0.3, 0.4) is 0 Å². The van der Waals surface area contributed by atoms with Gasteiger partial charge in [0.15, 0.2) is 0 Å². The molecular formula is C20H18N2O3S. The summed E-state index contributed by atoms with van der Waals surface area (Å²) < 4.78 is 30.1. The van der Waals surface area contributed by atoms with Crippen LogP contribution in [-0.4, -0.2) is 14.6 Å². The van der Waals surface area contributed by atoms with Crippen LogP contribution in [0.5, 0.6) is 5.75 Å². The maximum absolute atomic E-state index is 12.2. The van der Waals surface area contributed by atoms with E-state index in [1.807, 2.05) is 48.5 Å². The second-order valence-electron chi connectivity index (χ2n) is 5.48. The minimum Gasteiger partial charge on any atom is -0.488 e. The largest absolute Gasteiger partial charge is 0.488 e. The normalized spacial score (nSPS) is 11.4. The molecule has 0 fully saturated rings. The zero-order valence-electron chi connectivity index (χ0n) is 13.9. The summed E-state index contributed by atoms with van der Waals surface area (Å²) >= 11 is 0. The van der Waals surface area contributed by atoms with Crippen molar-refractivity contribution in [1.82, 2.24) is 4.83 Å². The summed E-state index contributed by atoms with van der Waals surface area (Å²) in [4.78, 5) is 2.37. The zero-order chi connectivity index (χ0) is 18.2. The number of rotatable bonds is 7. The topological polar surface area (TPSA) is 67.8 Å². The molecule has 0 bridgehead atoms. The molecular weight excluding hydrogens is 348 g/mol. The van der Waals surface area contributed by atoms with Crippen molar-refractivity contribution < 1.29 is 13.2 Å². The molecule has 0 spiro atoms. The van der Waals surface area contributed by atoms with Crippen LogP contribution in [0.1, 0.15) is 11.1 Å². The number of nitrogens with one attached hydrogen (secondary N) is 1. The molecule has 0 aromatic heterocycles. The van der Waals surface area contributed by atoms with Crippen molar-refractivity contribution in [2.24, 2.45) is 5.10 Å². The lowest BCUT2D eigenvalue weighted by molar-refractivity contribution is 0.306. The molecule has 0 unspecified atom stereocenters. The Morgan fingerprint density at radius 2 is 1.46 bits per heavy atom. The van der Waals surface area contributed by atoms with Crippen LogP contribution in [0.25, 0.3) is 0 Å². The molecule has 3 aromatic carbocycles. The number of ether oxygens (including phenoxy) is 1. The van der Waals surface area contributed by atoms with Gasteiger partial charge in [-0.2, -0.15) is 13.5 Å². The molecule has 3 rings (SSSR count). The van der Waals surface area contributed by atoms with E-state index in [-0.39, 0.29) is 4.90 Å². The van der Waals surface area contributed by atoms with Gasteiger partial charge >= 0.3 is 0 Å². The molecule has 0 aliphatic heterocycles. The third-order valence-corrected chi connectivity index (χ3v) is 4.82. The minimum absolute atomic E-state index is 0.158. The minimum atomic E-state index is -3.69. The predicted molar refractivity (Wildman–Crippen MR) is 102 cm³/mol. The standard InChI is InChI=1S/C20H18N2O3S/c23-26(24,19-12-5-2-6-13-19)22-21-15-18-11-7-8-14-20(18)25-16-17-9-3-1-4-10-17/h1-15,22H,16H2/b21-15-. The Hall–Kier alpha value is -3.12. The number of benzene rings is 3. The van der Waals surface area contributed by atoms with Gasteiger partial charge in [0.1, 0.15) is 12.4 Å². The molecule has 0 radical (unpaired) electrons. The summed E-state index contributed by atoms with van der Waals surface area (Å²) in [6, 6.07) is 25.2. The van der Waals surface area contributed by atoms with E-state index in [4.69, 9.17) is 4.74 Å². The van der Waals surface area contributed by atoms with E-state index in [0.29, 0.717) is 17.9 Å². The predicted octanol–water partition coefficient (Wildman–Crippen LogP) is 3.58. The van der Waals surface area contributed by atoms with Crippen LogP contribution in [-0.2, 0) is 16.6 Å². The van der Waals surface area contributed by atoms with E-state index < -0.39 is 10.0 Å². The fourth-order valence-corrected chi connectivity index (χ4v) is 3.08. The number of para-hydroxylation sites is 1. The fourth-order valence-electron chi connectivity index (χ4n) is 2.27. The van der Waals surface area contributed by atoms with Crippen LogP contribution in [0, 0.1) is 0 Å². The molecule has 0 saturated carbocycles. The first-order valence-corrected chi connectivity index (χ1v) is 9.49. The van der Waals surface area contributed by atoms with Gasteiger partial charge in [-0.05, 0) is 29.8 Å². The average Bonchev–Trinajstić information content (AvgIpc) is 2.69. The molecule has 0 aliphatic rings. The van der Waals surface area contributed by atoms with Gasteiger partial charge in [-0.15, -0.1) is 0 Å². The Kier molecular flexibility index (Phi) is 5.66. The summed E-state index contributed by atoms with van der Waals surface area (Å²) in [6.07, 6.45) is 1.43. The van der Waals surface area contributed by atoms with Crippen molar-refractivity contribution in [3.63, 3.8) is 0 Å². The van der Waals surface area contributed by atoms with Gasteiger partial charge < -0.3 is 4.74 Å². The highest BCUT2D eigenvalue weighted by atomic mass is 32.2. The number of hydrogen-bond donors (Lipinski definition) is 1. The lowest BCUT2D eigenvalue weighted by atomic mass is 10.2. The van der Waals surface area contributed by atoms with E-state index in [2.05, 4.69) is 9.93 Å². The number of nitrogens with zero attached hydrogens (tertiary/aromatic N) is 1. The smallest absolute Gasteiger partial charge is 0.276 e. The SMILES string of the molecule is O=S(=O)(N/N=C\c1ccccc1OCc1ccccc1)c1ccccc1. The Morgan fingerprint density at radius 3 is 2.19 bits per heavy atom. The van der Waals surface area contributed by atoms with E-state index in [1.54, 1.807) is 24.3 Å².